The van der Waals surface area contributed by atoms with Gasteiger partial charge in [-0.1, -0.05) is 18.5 Å². The minimum absolute atomic E-state index is 0.221. The molecule has 3 N–H and O–H groups in total. The number of ether oxygens (including phenoxy) is 1. The summed E-state index contributed by atoms with van der Waals surface area (Å²) >= 11 is 0. The third kappa shape index (κ3) is 4.50. The number of unbranched alkanes of at least 4 members (excludes halogenated alkanes) is 1. The van der Waals surface area contributed by atoms with E-state index in [1.165, 1.54) is 12.1 Å². The number of pyridine rings is 1. The van der Waals surface area contributed by atoms with Crippen LogP contribution in [0.5, 0.6) is 5.75 Å². The zero-order valence-corrected chi connectivity index (χ0v) is 14.5. The van der Waals surface area contributed by atoms with Gasteiger partial charge in [0.25, 0.3) is 0 Å². The van der Waals surface area contributed by atoms with E-state index in [2.05, 4.69) is 22.4 Å². The smallest absolute Gasteiger partial charge is 0.167 e. The standard InChI is InChI=1S/C19H21FN4O2/c1-2-3-8-22-16-10-19(21)23-11-18(16)25-12-15-9-17(26-24-15)13-4-6-14(20)7-5-13/h4-7,9-11H,2-3,8,12H2,1H3,(H3,21,22,23). The second kappa shape index (κ2) is 8.33. The van der Waals surface area contributed by atoms with Gasteiger partial charge < -0.3 is 20.3 Å². The van der Waals surface area contributed by atoms with E-state index in [0.29, 0.717) is 23.0 Å². The van der Waals surface area contributed by atoms with Crippen LogP contribution in [0.15, 0.2) is 47.1 Å². The van der Waals surface area contributed by atoms with Crippen LogP contribution in [-0.4, -0.2) is 16.7 Å². The quantitative estimate of drug-likeness (QED) is 0.587. The second-order valence-electron chi connectivity index (χ2n) is 5.86. The Morgan fingerprint density at radius 2 is 2.04 bits per heavy atom. The van der Waals surface area contributed by atoms with Crippen molar-refractivity contribution in [1.29, 1.82) is 0 Å². The fourth-order valence-corrected chi connectivity index (χ4v) is 2.39. The molecule has 136 valence electrons. The van der Waals surface area contributed by atoms with E-state index in [9.17, 15) is 4.39 Å². The van der Waals surface area contributed by atoms with Crippen molar-refractivity contribution in [2.75, 3.05) is 17.6 Å². The third-order valence-electron chi connectivity index (χ3n) is 3.80. The molecule has 0 aliphatic rings. The summed E-state index contributed by atoms with van der Waals surface area (Å²) in [6, 6.07) is 9.55. The number of anilines is 2. The van der Waals surface area contributed by atoms with Gasteiger partial charge >= 0.3 is 0 Å². The highest BCUT2D eigenvalue weighted by atomic mass is 19.1. The maximum Gasteiger partial charge on any atom is 0.167 e. The summed E-state index contributed by atoms with van der Waals surface area (Å²) in [5.41, 5.74) is 7.93. The van der Waals surface area contributed by atoms with Crippen molar-refractivity contribution in [3.05, 3.63) is 54.1 Å². The third-order valence-corrected chi connectivity index (χ3v) is 3.80. The fourth-order valence-electron chi connectivity index (χ4n) is 2.39. The number of halogens is 1. The summed E-state index contributed by atoms with van der Waals surface area (Å²) in [5, 5.41) is 7.30. The first-order chi connectivity index (χ1) is 12.7. The fraction of sp³-hybridized carbons (Fsp3) is 0.263. The van der Waals surface area contributed by atoms with Crippen LogP contribution in [0.25, 0.3) is 11.3 Å². The van der Waals surface area contributed by atoms with Gasteiger partial charge in [0, 0.05) is 24.2 Å². The highest BCUT2D eigenvalue weighted by Gasteiger charge is 2.10. The Morgan fingerprint density at radius 1 is 1.23 bits per heavy atom. The van der Waals surface area contributed by atoms with Crippen molar-refractivity contribution in [2.45, 2.75) is 26.4 Å². The molecule has 3 aromatic rings. The number of aromatic nitrogens is 2. The van der Waals surface area contributed by atoms with E-state index in [0.717, 1.165) is 30.6 Å². The molecule has 0 fully saturated rings. The number of benzene rings is 1. The molecular weight excluding hydrogens is 335 g/mol. The predicted octanol–water partition coefficient (Wildman–Crippen LogP) is 4.25. The topological polar surface area (TPSA) is 86.2 Å². The van der Waals surface area contributed by atoms with Crippen molar-refractivity contribution in [3.63, 3.8) is 0 Å². The molecule has 0 unspecified atom stereocenters. The first-order valence-corrected chi connectivity index (χ1v) is 8.49. The number of nitrogen functional groups attached to an aromatic ring is 1. The Bertz CT molecular complexity index is 849. The van der Waals surface area contributed by atoms with Crippen molar-refractivity contribution >= 4 is 11.5 Å². The van der Waals surface area contributed by atoms with Gasteiger partial charge in [0.05, 0.1) is 11.9 Å². The minimum atomic E-state index is -0.296. The van der Waals surface area contributed by atoms with Crippen LogP contribution in [0, 0.1) is 5.82 Å². The molecule has 2 heterocycles. The maximum absolute atomic E-state index is 13.0. The summed E-state index contributed by atoms with van der Waals surface area (Å²) in [6.07, 6.45) is 3.73. The first kappa shape index (κ1) is 17.7. The number of hydrogen-bond donors (Lipinski definition) is 2. The number of rotatable bonds is 8. The molecule has 0 amide bonds. The predicted molar refractivity (Wildman–Crippen MR) is 98.3 cm³/mol. The lowest BCUT2D eigenvalue weighted by molar-refractivity contribution is 0.290. The van der Waals surface area contributed by atoms with Gasteiger partial charge in [-0.15, -0.1) is 0 Å². The lowest BCUT2D eigenvalue weighted by atomic mass is 10.1. The Balaban J connectivity index is 1.66. The second-order valence-corrected chi connectivity index (χ2v) is 5.86. The molecule has 0 spiro atoms. The van der Waals surface area contributed by atoms with E-state index in [-0.39, 0.29) is 12.4 Å². The monoisotopic (exact) mass is 356 g/mol. The molecule has 0 saturated heterocycles. The van der Waals surface area contributed by atoms with Gasteiger partial charge in [0.2, 0.25) is 0 Å². The van der Waals surface area contributed by atoms with Crippen LogP contribution < -0.4 is 15.8 Å². The molecule has 26 heavy (non-hydrogen) atoms. The first-order valence-electron chi connectivity index (χ1n) is 8.49. The lowest BCUT2D eigenvalue weighted by Crippen LogP contribution is -2.06. The lowest BCUT2D eigenvalue weighted by Gasteiger charge is -2.12. The van der Waals surface area contributed by atoms with E-state index in [1.807, 2.05) is 0 Å². The highest BCUT2D eigenvalue weighted by molar-refractivity contribution is 5.60. The molecule has 6 nitrogen and oxygen atoms in total. The van der Waals surface area contributed by atoms with E-state index < -0.39 is 0 Å². The summed E-state index contributed by atoms with van der Waals surface area (Å²) in [4.78, 5) is 4.07. The largest absolute Gasteiger partial charge is 0.483 e. The highest BCUT2D eigenvalue weighted by Crippen LogP contribution is 2.27. The average molecular weight is 356 g/mol. The molecule has 0 bridgehead atoms. The van der Waals surface area contributed by atoms with Crippen molar-refractivity contribution in [3.8, 4) is 17.1 Å². The van der Waals surface area contributed by atoms with Gasteiger partial charge in [-0.05, 0) is 30.7 Å². The molecule has 0 atom stereocenters. The number of nitrogens with zero attached hydrogens (tertiary/aromatic N) is 2. The maximum atomic E-state index is 13.0. The van der Waals surface area contributed by atoms with Gasteiger partial charge in [-0.2, -0.15) is 0 Å². The molecule has 1 aromatic carbocycles. The zero-order valence-electron chi connectivity index (χ0n) is 14.5. The van der Waals surface area contributed by atoms with Crippen molar-refractivity contribution < 1.29 is 13.7 Å². The molecule has 0 aliphatic carbocycles. The summed E-state index contributed by atoms with van der Waals surface area (Å²) in [5.74, 6) is 1.29. The Labute approximate surface area is 151 Å². The van der Waals surface area contributed by atoms with E-state index in [4.69, 9.17) is 15.0 Å². The average Bonchev–Trinajstić information content (AvgIpc) is 3.11. The number of nitrogens with two attached hydrogens (primary N) is 1. The number of nitrogens with one attached hydrogen (secondary N) is 1. The van der Waals surface area contributed by atoms with Crippen LogP contribution in [0.1, 0.15) is 25.5 Å². The molecule has 3 rings (SSSR count). The van der Waals surface area contributed by atoms with Crippen molar-refractivity contribution in [1.82, 2.24) is 10.1 Å². The summed E-state index contributed by atoms with van der Waals surface area (Å²) in [6.45, 7) is 3.18. The molecule has 7 heteroatoms. The van der Waals surface area contributed by atoms with Crippen molar-refractivity contribution in [2.24, 2.45) is 0 Å². The molecule has 0 aliphatic heterocycles. The van der Waals surface area contributed by atoms with Gasteiger partial charge in [0.15, 0.2) is 11.5 Å². The van der Waals surface area contributed by atoms with Gasteiger partial charge in [-0.3, -0.25) is 0 Å². The molecule has 2 aromatic heterocycles. The van der Waals surface area contributed by atoms with Crippen LogP contribution in [-0.2, 0) is 6.61 Å². The van der Waals surface area contributed by atoms with Crippen LogP contribution in [0.2, 0.25) is 0 Å². The van der Waals surface area contributed by atoms with Crippen LogP contribution in [0.3, 0.4) is 0 Å². The van der Waals surface area contributed by atoms with Gasteiger partial charge in [0.1, 0.15) is 23.9 Å². The van der Waals surface area contributed by atoms with Gasteiger partial charge in [-0.25, -0.2) is 9.37 Å². The Hall–Kier alpha value is -3.09. The SMILES string of the molecule is CCCCNc1cc(N)ncc1OCc1cc(-c2ccc(F)cc2)on1. The molecule has 0 saturated carbocycles. The summed E-state index contributed by atoms with van der Waals surface area (Å²) in [7, 11) is 0. The summed E-state index contributed by atoms with van der Waals surface area (Å²) < 4.78 is 24.1. The number of hydrogen-bond acceptors (Lipinski definition) is 6. The van der Waals surface area contributed by atoms with Crippen LogP contribution in [0.4, 0.5) is 15.9 Å². The minimum Gasteiger partial charge on any atom is -0.483 e. The Kier molecular flexibility index (Phi) is 5.68. The molecule has 0 radical (unpaired) electrons. The normalized spacial score (nSPS) is 10.7. The Morgan fingerprint density at radius 3 is 2.81 bits per heavy atom. The zero-order chi connectivity index (χ0) is 18.4. The van der Waals surface area contributed by atoms with E-state index >= 15 is 0 Å². The van der Waals surface area contributed by atoms with Crippen LogP contribution >= 0.6 is 0 Å². The molecular formula is C19H21FN4O2. The van der Waals surface area contributed by atoms with E-state index in [1.54, 1.807) is 30.5 Å².